The normalized spacial score (nSPS) is 25.1. The quantitative estimate of drug-likeness (QED) is 0.292. The van der Waals surface area contributed by atoms with Gasteiger partial charge >= 0.3 is 6.18 Å². The van der Waals surface area contributed by atoms with E-state index in [1.54, 1.807) is 18.2 Å². The van der Waals surface area contributed by atoms with Crippen LogP contribution in [0.1, 0.15) is 60.3 Å². The summed E-state index contributed by atoms with van der Waals surface area (Å²) >= 11 is 0. The molecule has 3 N–H and O–H groups in total. The van der Waals surface area contributed by atoms with Crippen molar-refractivity contribution in [2.45, 2.75) is 57.9 Å². The smallest absolute Gasteiger partial charge is 0.425 e. The van der Waals surface area contributed by atoms with E-state index in [-0.39, 0.29) is 45.2 Å². The van der Waals surface area contributed by atoms with Crippen molar-refractivity contribution in [1.82, 2.24) is 5.32 Å². The van der Waals surface area contributed by atoms with E-state index in [1.165, 1.54) is 33.8 Å². The molecule has 0 amide bonds. The van der Waals surface area contributed by atoms with Crippen molar-refractivity contribution in [3.8, 4) is 23.0 Å². The van der Waals surface area contributed by atoms with Gasteiger partial charge in [-0.1, -0.05) is 18.2 Å². The Balaban J connectivity index is 1.61. The van der Waals surface area contributed by atoms with Crippen LogP contribution in [0.4, 0.5) is 13.2 Å². The number of hydrogen-bond donors (Lipinski definition) is 3. The van der Waals surface area contributed by atoms with Crippen LogP contribution in [0.25, 0.3) is 0 Å². The number of Topliss-reactive ketones (excluding diaryl/α,β-unsaturated/α-hetero) is 2. The Bertz CT molecular complexity index is 1540. The second-order valence-electron chi connectivity index (χ2n) is 10.0. The minimum atomic E-state index is -4.64. The Hall–Kier alpha value is -4.28. The number of nitrogens with one attached hydrogen (secondary N) is 1. The molecule has 0 spiro atoms. The van der Waals surface area contributed by atoms with Crippen LogP contribution in [0.3, 0.4) is 0 Å². The molecule has 39 heavy (non-hydrogen) atoms. The molecule has 0 radical (unpaired) electrons. The van der Waals surface area contributed by atoms with Crippen LogP contribution in [-0.4, -0.2) is 39.8 Å². The lowest BCUT2D eigenvalue weighted by Crippen LogP contribution is -2.43. The van der Waals surface area contributed by atoms with Crippen molar-refractivity contribution < 1.29 is 47.2 Å². The minimum absolute atomic E-state index is 0.0272. The van der Waals surface area contributed by atoms with Crippen molar-refractivity contribution in [1.29, 1.82) is 0 Å². The van der Waals surface area contributed by atoms with Crippen molar-refractivity contribution >= 4 is 17.3 Å². The van der Waals surface area contributed by atoms with E-state index in [0.29, 0.717) is 5.56 Å². The van der Waals surface area contributed by atoms with Crippen LogP contribution in [0.5, 0.6) is 23.0 Å². The molecule has 0 bridgehead atoms. The third kappa shape index (κ3) is 3.78. The highest BCUT2D eigenvalue weighted by Gasteiger charge is 2.56. The van der Waals surface area contributed by atoms with Crippen molar-refractivity contribution in [2.75, 3.05) is 0 Å². The maximum atomic E-state index is 14.0. The van der Waals surface area contributed by atoms with Crippen LogP contribution in [0.2, 0.25) is 0 Å². The molecular formula is C28H24F3NO7. The second-order valence-corrected chi connectivity index (χ2v) is 10.0. The fourth-order valence-electron chi connectivity index (χ4n) is 5.45. The second kappa shape index (κ2) is 8.62. The van der Waals surface area contributed by atoms with Gasteiger partial charge in [0.05, 0.1) is 17.2 Å². The molecule has 2 heterocycles. The van der Waals surface area contributed by atoms with Crippen LogP contribution in [-0.2, 0) is 15.0 Å². The van der Waals surface area contributed by atoms with Crippen molar-refractivity contribution in [3.05, 3.63) is 69.6 Å². The van der Waals surface area contributed by atoms with Gasteiger partial charge in [-0.05, 0) is 33.8 Å². The lowest BCUT2D eigenvalue weighted by Gasteiger charge is -2.35. The number of fused-ring (bicyclic) bond motifs is 4. The topological polar surface area (TPSA) is 122 Å². The number of carbonyl (C=O) groups is 3. The number of para-hydroxylation sites is 1. The van der Waals surface area contributed by atoms with E-state index < -0.39 is 59.0 Å². The SMILES string of the molecule is CC(=O)c1c(O)c(C)c(O)c2c1OC1=CC(=O)/C(=C(/C)NC3CC(C(F)(F)F)Oc4ccccc43)C(=O)[C@@]12C. The average molecular weight is 543 g/mol. The lowest BCUT2D eigenvalue weighted by atomic mass is 9.70. The number of allylic oxidation sites excluding steroid dienone is 4. The molecule has 2 aromatic carbocycles. The van der Waals surface area contributed by atoms with Gasteiger partial charge in [0.25, 0.3) is 0 Å². The summed E-state index contributed by atoms with van der Waals surface area (Å²) in [5.41, 5.74) is -1.98. The Morgan fingerprint density at radius 3 is 2.44 bits per heavy atom. The van der Waals surface area contributed by atoms with Gasteiger partial charge in [0.1, 0.15) is 39.7 Å². The molecule has 3 aliphatic rings. The molecule has 1 aliphatic carbocycles. The number of carbonyl (C=O) groups excluding carboxylic acids is 3. The van der Waals surface area contributed by atoms with Crippen LogP contribution in [0, 0.1) is 6.92 Å². The van der Waals surface area contributed by atoms with E-state index in [0.717, 1.165) is 6.08 Å². The molecular weight excluding hydrogens is 519 g/mol. The Kier molecular flexibility index (Phi) is 5.82. The molecule has 5 rings (SSSR count). The predicted molar refractivity (Wildman–Crippen MR) is 131 cm³/mol. The monoisotopic (exact) mass is 543 g/mol. The highest BCUT2D eigenvalue weighted by atomic mass is 19.4. The number of alkyl halides is 3. The summed E-state index contributed by atoms with van der Waals surface area (Å²) in [7, 11) is 0. The number of phenols is 2. The third-order valence-corrected chi connectivity index (χ3v) is 7.53. The van der Waals surface area contributed by atoms with E-state index in [1.807, 2.05) is 0 Å². The lowest BCUT2D eigenvalue weighted by molar-refractivity contribution is -0.201. The fourth-order valence-corrected chi connectivity index (χ4v) is 5.45. The number of benzene rings is 2. The molecule has 0 fully saturated rings. The summed E-state index contributed by atoms with van der Waals surface area (Å²) in [6.07, 6.45) is -6.19. The van der Waals surface area contributed by atoms with Crippen LogP contribution in [0.15, 0.2) is 47.4 Å². The van der Waals surface area contributed by atoms with Gasteiger partial charge in [-0.3, -0.25) is 14.4 Å². The Labute approximate surface area is 220 Å². The highest BCUT2D eigenvalue weighted by Crippen LogP contribution is 2.57. The molecule has 2 aliphatic heterocycles. The molecule has 0 aromatic heterocycles. The molecule has 0 saturated carbocycles. The maximum Gasteiger partial charge on any atom is 0.425 e. The number of phenolic OH excluding ortho intramolecular Hbond substituents is 2. The van der Waals surface area contributed by atoms with Gasteiger partial charge in [0.2, 0.25) is 0 Å². The summed E-state index contributed by atoms with van der Waals surface area (Å²) in [6.45, 7) is 5.37. The number of hydrogen-bond acceptors (Lipinski definition) is 8. The first-order chi connectivity index (χ1) is 18.2. The standard InChI is InChI=1S/C28H24F3NO7/c1-11-23(35)21(13(3)33)25-22(24(11)36)27(4)18(39-25)10-16(34)20(26(27)37)12(2)32-15-9-19(28(29,30)31)38-17-8-6-5-7-14(15)17/h5-8,10,15,19,32,35-36H,9H2,1-4H3/b20-12+/t15?,19?,27-/m0/s1. The predicted octanol–water partition coefficient (Wildman–Crippen LogP) is 4.61. The number of ether oxygens (including phenoxy) is 2. The average Bonchev–Trinajstić information content (AvgIpc) is 3.14. The fraction of sp³-hybridized carbons (Fsp3) is 0.321. The Morgan fingerprint density at radius 1 is 1.13 bits per heavy atom. The van der Waals surface area contributed by atoms with Crippen LogP contribution >= 0.6 is 0 Å². The van der Waals surface area contributed by atoms with Gasteiger partial charge in [0.15, 0.2) is 23.5 Å². The van der Waals surface area contributed by atoms with Crippen LogP contribution < -0.4 is 14.8 Å². The summed E-state index contributed by atoms with van der Waals surface area (Å²) in [6, 6.07) is 5.26. The minimum Gasteiger partial charge on any atom is -0.507 e. The highest BCUT2D eigenvalue weighted by molar-refractivity contribution is 6.31. The molecule has 2 unspecified atom stereocenters. The van der Waals surface area contributed by atoms with E-state index in [4.69, 9.17) is 9.47 Å². The van der Waals surface area contributed by atoms with Crippen molar-refractivity contribution in [2.24, 2.45) is 0 Å². The molecule has 2 aromatic rings. The number of halogens is 3. The van der Waals surface area contributed by atoms with Gasteiger partial charge < -0.3 is 25.0 Å². The van der Waals surface area contributed by atoms with Gasteiger partial charge in [0, 0.05) is 29.3 Å². The van der Waals surface area contributed by atoms with Gasteiger partial charge in [-0.25, -0.2) is 0 Å². The summed E-state index contributed by atoms with van der Waals surface area (Å²) in [5.74, 6) is -3.44. The zero-order valence-electron chi connectivity index (χ0n) is 21.3. The number of rotatable bonds is 3. The van der Waals surface area contributed by atoms with Crippen molar-refractivity contribution in [3.63, 3.8) is 0 Å². The number of ketones is 3. The number of aromatic hydroxyl groups is 2. The molecule has 0 saturated heterocycles. The first kappa shape index (κ1) is 26.3. The third-order valence-electron chi connectivity index (χ3n) is 7.53. The first-order valence-corrected chi connectivity index (χ1v) is 12.1. The molecule has 11 heteroatoms. The van der Waals surface area contributed by atoms with E-state index >= 15 is 0 Å². The summed E-state index contributed by atoms with van der Waals surface area (Å²) in [5, 5.41) is 24.3. The first-order valence-electron chi connectivity index (χ1n) is 12.1. The Morgan fingerprint density at radius 2 is 1.79 bits per heavy atom. The zero-order chi connectivity index (χ0) is 28.6. The summed E-state index contributed by atoms with van der Waals surface area (Å²) < 4.78 is 51.7. The molecule has 8 nitrogen and oxygen atoms in total. The van der Waals surface area contributed by atoms with E-state index in [2.05, 4.69) is 5.32 Å². The van der Waals surface area contributed by atoms with Gasteiger partial charge in [-0.2, -0.15) is 13.2 Å². The largest absolute Gasteiger partial charge is 0.507 e. The van der Waals surface area contributed by atoms with E-state index in [9.17, 15) is 37.8 Å². The zero-order valence-corrected chi connectivity index (χ0v) is 21.3. The molecule has 3 atom stereocenters. The molecule has 204 valence electrons. The maximum absolute atomic E-state index is 14.0. The van der Waals surface area contributed by atoms with Gasteiger partial charge in [-0.15, -0.1) is 0 Å². The summed E-state index contributed by atoms with van der Waals surface area (Å²) in [4.78, 5) is 39.5.